The SMILES string of the molecule is COc1ccc(C2SCC(=O)N2/N=C2/C(=O)Nc3ccccc32)cc1O. The summed E-state index contributed by atoms with van der Waals surface area (Å²) in [5.41, 5.74) is 2.25. The third kappa shape index (κ3) is 2.68. The molecule has 8 heteroatoms. The van der Waals surface area contributed by atoms with Crippen LogP contribution in [0.5, 0.6) is 11.5 Å². The fraction of sp³-hybridized carbons (Fsp3) is 0.167. The van der Waals surface area contributed by atoms with Gasteiger partial charge in [-0.25, -0.2) is 5.01 Å². The first-order chi connectivity index (χ1) is 12.6. The van der Waals surface area contributed by atoms with E-state index < -0.39 is 5.37 Å². The number of anilines is 1. The predicted molar refractivity (Wildman–Crippen MR) is 98.3 cm³/mol. The zero-order chi connectivity index (χ0) is 18.3. The maximum Gasteiger partial charge on any atom is 0.276 e. The Morgan fingerprint density at radius 2 is 2.08 bits per heavy atom. The van der Waals surface area contributed by atoms with E-state index in [1.165, 1.54) is 23.9 Å². The first-order valence-electron chi connectivity index (χ1n) is 7.88. The number of aromatic hydroxyl groups is 1. The van der Waals surface area contributed by atoms with Crippen LogP contribution < -0.4 is 10.1 Å². The lowest BCUT2D eigenvalue weighted by molar-refractivity contribution is -0.128. The number of nitrogens with zero attached hydrogens (tertiary/aromatic N) is 2. The minimum atomic E-state index is -0.424. The summed E-state index contributed by atoms with van der Waals surface area (Å²) in [5, 5.41) is 18.0. The van der Waals surface area contributed by atoms with Crippen molar-refractivity contribution in [1.29, 1.82) is 0 Å². The van der Waals surface area contributed by atoms with Crippen LogP contribution in [0.15, 0.2) is 47.6 Å². The number of ether oxygens (including phenoxy) is 1. The molecule has 0 spiro atoms. The second kappa shape index (κ2) is 6.38. The number of fused-ring (bicyclic) bond motifs is 1. The van der Waals surface area contributed by atoms with Crippen molar-refractivity contribution in [2.45, 2.75) is 5.37 Å². The van der Waals surface area contributed by atoms with Gasteiger partial charge in [0.15, 0.2) is 17.2 Å². The van der Waals surface area contributed by atoms with Crippen molar-refractivity contribution < 1.29 is 19.4 Å². The molecule has 2 aliphatic heterocycles. The summed E-state index contributed by atoms with van der Waals surface area (Å²) in [5.74, 6) is 0.0519. The molecule has 7 nitrogen and oxygen atoms in total. The van der Waals surface area contributed by atoms with Gasteiger partial charge in [-0.2, -0.15) is 5.10 Å². The molecular weight excluding hydrogens is 354 g/mol. The molecule has 0 saturated carbocycles. The topological polar surface area (TPSA) is 91.2 Å². The number of carbonyl (C=O) groups excluding carboxylic acids is 2. The monoisotopic (exact) mass is 369 g/mol. The molecule has 2 aromatic carbocycles. The number of benzene rings is 2. The molecule has 2 N–H and O–H groups in total. The third-order valence-electron chi connectivity index (χ3n) is 4.18. The van der Waals surface area contributed by atoms with Gasteiger partial charge in [0.2, 0.25) is 0 Å². The number of methoxy groups -OCH3 is 1. The van der Waals surface area contributed by atoms with E-state index in [9.17, 15) is 14.7 Å². The molecule has 2 aliphatic rings. The van der Waals surface area contributed by atoms with Gasteiger partial charge in [-0.05, 0) is 23.8 Å². The van der Waals surface area contributed by atoms with E-state index in [-0.39, 0.29) is 29.0 Å². The number of phenolic OH excluding ortho intramolecular Hbond substituents is 1. The number of thioether (sulfide) groups is 1. The van der Waals surface area contributed by atoms with Crippen LogP contribution in [-0.2, 0) is 9.59 Å². The van der Waals surface area contributed by atoms with E-state index in [1.807, 2.05) is 12.1 Å². The lowest BCUT2D eigenvalue weighted by Gasteiger charge is -2.20. The van der Waals surface area contributed by atoms with Crippen LogP contribution in [0.3, 0.4) is 0 Å². The maximum absolute atomic E-state index is 12.4. The zero-order valence-electron chi connectivity index (χ0n) is 13.8. The molecule has 132 valence electrons. The van der Waals surface area contributed by atoms with Crippen molar-refractivity contribution in [2.75, 3.05) is 18.2 Å². The molecule has 1 unspecified atom stereocenters. The number of rotatable bonds is 3. The number of hydrogen-bond acceptors (Lipinski definition) is 6. The van der Waals surface area contributed by atoms with Gasteiger partial charge in [0, 0.05) is 5.56 Å². The summed E-state index contributed by atoms with van der Waals surface area (Å²) < 4.78 is 5.05. The molecule has 1 atom stereocenters. The molecular formula is C18H15N3O4S. The van der Waals surface area contributed by atoms with Gasteiger partial charge >= 0.3 is 0 Å². The molecule has 2 aromatic rings. The van der Waals surface area contributed by atoms with E-state index in [2.05, 4.69) is 10.4 Å². The van der Waals surface area contributed by atoms with Gasteiger partial charge in [0.1, 0.15) is 5.37 Å². The van der Waals surface area contributed by atoms with Gasteiger partial charge < -0.3 is 15.2 Å². The van der Waals surface area contributed by atoms with E-state index in [4.69, 9.17) is 4.74 Å². The van der Waals surface area contributed by atoms with E-state index >= 15 is 0 Å². The molecule has 4 rings (SSSR count). The Morgan fingerprint density at radius 3 is 2.85 bits per heavy atom. The predicted octanol–water partition coefficient (Wildman–Crippen LogP) is 2.33. The Morgan fingerprint density at radius 1 is 1.27 bits per heavy atom. The van der Waals surface area contributed by atoms with Crippen LogP contribution in [0.1, 0.15) is 16.5 Å². The van der Waals surface area contributed by atoms with Gasteiger partial charge in [-0.1, -0.05) is 24.3 Å². The average Bonchev–Trinajstić information content (AvgIpc) is 3.16. The standard InChI is InChI=1S/C18H15N3O4S/c1-25-14-7-6-10(8-13(14)22)18-21(15(23)9-26-18)20-16-11-4-2-3-5-12(11)19-17(16)24/h2-8,18,22H,9H2,1H3,(H,19,20,24). The molecule has 2 amide bonds. The second-order valence-electron chi connectivity index (χ2n) is 5.78. The number of amides is 2. The fourth-order valence-electron chi connectivity index (χ4n) is 2.93. The Labute approximate surface area is 153 Å². The van der Waals surface area contributed by atoms with Crippen molar-refractivity contribution in [3.8, 4) is 11.5 Å². The highest BCUT2D eigenvalue weighted by Crippen LogP contribution is 2.42. The molecule has 1 saturated heterocycles. The first kappa shape index (κ1) is 16.5. The quantitative estimate of drug-likeness (QED) is 0.866. The minimum Gasteiger partial charge on any atom is -0.504 e. The number of nitrogens with one attached hydrogen (secondary N) is 1. The summed E-state index contributed by atoms with van der Waals surface area (Å²) >= 11 is 1.39. The molecule has 0 bridgehead atoms. The van der Waals surface area contributed by atoms with Crippen molar-refractivity contribution >= 4 is 35.0 Å². The average molecular weight is 369 g/mol. The largest absolute Gasteiger partial charge is 0.504 e. The molecule has 2 heterocycles. The van der Waals surface area contributed by atoms with Crippen molar-refractivity contribution in [3.05, 3.63) is 53.6 Å². The number of carbonyl (C=O) groups is 2. The smallest absolute Gasteiger partial charge is 0.276 e. The van der Waals surface area contributed by atoms with Gasteiger partial charge in [-0.3, -0.25) is 9.59 Å². The summed E-state index contributed by atoms with van der Waals surface area (Å²) in [6.07, 6.45) is 0. The van der Waals surface area contributed by atoms with Crippen LogP contribution in [0.2, 0.25) is 0 Å². The third-order valence-corrected chi connectivity index (χ3v) is 5.38. The number of phenols is 1. The molecule has 0 radical (unpaired) electrons. The van der Waals surface area contributed by atoms with Crippen LogP contribution in [-0.4, -0.2) is 40.5 Å². The van der Waals surface area contributed by atoms with Crippen molar-refractivity contribution in [3.63, 3.8) is 0 Å². The zero-order valence-corrected chi connectivity index (χ0v) is 14.6. The highest BCUT2D eigenvalue weighted by atomic mass is 32.2. The summed E-state index contributed by atoms with van der Waals surface area (Å²) in [6, 6.07) is 12.2. The highest BCUT2D eigenvalue weighted by Gasteiger charge is 2.36. The summed E-state index contributed by atoms with van der Waals surface area (Å²) in [6.45, 7) is 0. The Kier molecular flexibility index (Phi) is 4.04. The van der Waals surface area contributed by atoms with E-state index in [0.29, 0.717) is 22.6 Å². The van der Waals surface area contributed by atoms with Crippen molar-refractivity contribution in [2.24, 2.45) is 5.10 Å². The van der Waals surface area contributed by atoms with Gasteiger partial charge in [0.25, 0.3) is 11.8 Å². The fourth-order valence-corrected chi connectivity index (χ4v) is 4.01. The number of para-hydroxylation sites is 1. The Hall–Kier alpha value is -3.00. The van der Waals surface area contributed by atoms with E-state index in [0.717, 1.165) is 0 Å². The molecule has 0 aliphatic carbocycles. The number of hydrogen-bond donors (Lipinski definition) is 2. The lowest BCUT2D eigenvalue weighted by atomic mass is 10.1. The Bertz CT molecular complexity index is 944. The molecule has 0 aromatic heterocycles. The first-order valence-corrected chi connectivity index (χ1v) is 8.93. The maximum atomic E-state index is 12.4. The lowest BCUT2D eigenvalue weighted by Crippen LogP contribution is -2.27. The second-order valence-corrected chi connectivity index (χ2v) is 6.85. The summed E-state index contributed by atoms with van der Waals surface area (Å²) in [4.78, 5) is 24.6. The van der Waals surface area contributed by atoms with Gasteiger partial charge in [0.05, 0.1) is 18.6 Å². The van der Waals surface area contributed by atoms with Crippen LogP contribution in [0, 0.1) is 0 Å². The molecule has 26 heavy (non-hydrogen) atoms. The van der Waals surface area contributed by atoms with Gasteiger partial charge in [-0.15, -0.1) is 11.8 Å². The van der Waals surface area contributed by atoms with Crippen LogP contribution >= 0.6 is 11.8 Å². The summed E-state index contributed by atoms with van der Waals surface area (Å²) in [7, 11) is 1.47. The Balaban J connectivity index is 1.72. The highest BCUT2D eigenvalue weighted by molar-refractivity contribution is 8.00. The van der Waals surface area contributed by atoms with Crippen LogP contribution in [0.4, 0.5) is 5.69 Å². The molecule has 1 fully saturated rings. The van der Waals surface area contributed by atoms with E-state index in [1.54, 1.807) is 30.3 Å². The normalized spacial score (nSPS) is 20.4. The minimum absolute atomic E-state index is 0.0125. The van der Waals surface area contributed by atoms with Crippen LogP contribution in [0.25, 0.3) is 0 Å². The van der Waals surface area contributed by atoms with Crippen molar-refractivity contribution in [1.82, 2.24) is 5.01 Å². The number of hydrazone groups is 1.